The summed E-state index contributed by atoms with van der Waals surface area (Å²) in [6.45, 7) is 2.37. The highest BCUT2D eigenvalue weighted by Crippen LogP contribution is 2.23. The van der Waals surface area contributed by atoms with E-state index < -0.39 is 0 Å². The second-order valence-corrected chi connectivity index (χ2v) is 6.35. The summed E-state index contributed by atoms with van der Waals surface area (Å²) in [7, 11) is 0. The molecule has 0 saturated heterocycles. The summed E-state index contributed by atoms with van der Waals surface area (Å²) in [4.78, 5) is 8.58. The van der Waals surface area contributed by atoms with Crippen LogP contribution in [0.2, 0.25) is 0 Å². The highest BCUT2D eigenvalue weighted by Gasteiger charge is 2.14. The Labute approximate surface area is 167 Å². The van der Waals surface area contributed by atoms with Gasteiger partial charge in [-0.05, 0) is 48.9 Å². The first kappa shape index (κ1) is 18.8. The zero-order valence-electron chi connectivity index (χ0n) is 15.9. The van der Waals surface area contributed by atoms with Gasteiger partial charge in [-0.3, -0.25) is 0 Å². The van der Waals surface area contributed by atoms with Crippen molar-refractivity contribution in [2.75, 3.05) is 0 Å². The zero-order chi connectivity index (χ0) is 20.1. The van der Waals surface area contributed by atoms with E-state index in [1.54, 1.807) is 36.7 Å². The van der Waals surface area contributed by atoms with Crippen LogP contribution in [0.4, 0.5) is 0 Å². The smallest absolute Gasteiger partial charge is 0.263 e. The molecule has 7 nitrogen and oxygen atoms in total. The summed E-state index contributed by atoms with van der Waals surface area (Å²) in [5, 5.41) is 9.33. The third-order valence-corrected chi connectivity index (χ3v) is 4.32. The van der Waals surface area contributed by atoms with Crippen molar-refractivity contribution in [3.8, 4) is 23.3 Å². The number of aromatic nitrogens is 2. The number of ether oxygens (including phenoxy) is 2. The largest absolute Gasteiger partial charge is 0.487 e. The quantitative estimate of drug-likeness (QED) is 0.478. The molecule has 0 aliphatic rings. The molecule has 1 N–H and O–H groups in total. The molecule has 3 aromatic heterocycles. The molecule has 0 aliphatic heterocycles. The van der Waals surface area contributed by atoms with Crippen molar-refractivity contribution < 1.29 is 23.4 Å². The third kappa shape index (κ3) is 4.47. The molecule has 0 saturated carbocycles. The Kier molecular flexibility index (Phi) is 5.58. The fraction of sp³-hybridized carbons (Fsp3) is 0.182. The van der Waals surface area contributed by atoms with Crippen molar-refractivity contribution in [1.29, 1.82) is 0 Å². The Balaban J connectivity index is 1.34. The van der Waals surface area contributed by atoms with E-state index in [1.807, 2.05) is 31.2 Å². The zero-order valence-corrected chi connectivity index (χ0v) is 15.9. The number of oxazole rings is 1. The van der Waals surface area contributed by atoms with E-state index in [-0.39, 0.29) is 6.61 Å². The van der Waals surface area contributed by atoms with E-state index in [1.165, 1.54) is 0 Å². The van der Waals surface area contributed by atoms with Gasteiger partial charge in [-0.2, -0.15) is 0 Å². The fourth-order valence-corrected chi connectivity index (χ4v) is 2.73. The second kappa shape index (κ2) is 8.62. The van der Waals surface area contributed by atoms with E-state index in [4.69, 9.17) is 18.3 Å². The van der Waals surface area contributed by atoms with Crippen LogP contribution in [0.15, 0.2) is 69.8 Å². The van der Waals surface area contributed by atoms with E-state index in [0.29, 0.717) is 47.8 Å². The minimum atomic E-state index is -0.112. The molecule has 0 unspecified atom stereocenters. The van der Waals surface area contributed by atoms with E-state index in [0.717, 1.165) is 11.3 Å². The molecule has 0 radical (unpaired) electrons. The molecule has 0 atom stereocenters. The van der Waals surface area contributed by atoms with Crippen LogP contribution < -0.4 is 9.47 Å². The Bertz CT molecular complexity index is 1060. The maximum atomic E-state index is 9.33. The normalized spacial score (nSPS) is 10.8. The van der Waals surface area contributed by atoms with E-state index >= 15 is 0 Å². The number of furan rings is 1. The minimum absolute atomic E-state index is 0.112. The molecule has 0 aliphatic carbocycles. The molecule has 1 aromatic carbocycles. The SMILES string of the molecule is Cc1oc(-c2ccco2)nc1COc1ccc(COc2ncccc2CO)cc1. The average molecular weight is 392 g/mol. The number of hydrogen-bond donors (Lipinski definition) is 1. The van der Waals surface area contributed by atoms with Crippen molar-refractivity contribution in [3.05, 3.63) is 83.6 Å². The molecule has 4 aromatic rings. The van der Waals surface area contributed by atoms with Crippen molar-refractivity contribution in [2.24, 2.45) is 0 Å². The number of hydrogen-bond acceptors (Lipinski definition) is 7. The molecule has 0 amide bonds. The first-order chi connectivity index (χ1) is 14.2. The molecule has 0 fully saturated rings. The first-order valence-electron chi connectivity index (χ1n) is 9.12. The molecule has 148 valence electrons. The highest BCUT2D eigenvalue weighted by atomic mass is 16.5. The van der Waals surface area contributed by atoms with Gasteiger partial charge in [0, 0.05) is 11.8 Å². The van der Waals surface area contributed by atoms with E-state index in [2.05, 4.69) is 9.97 Å². The van der Waals surface area contributed by atoms with Crippen LogP contribution in [0.25, 0.3) is 11.7 Å². The van der Waals surface area contributed by atoms with Crippen LogP contribution in [0.1, 0.15) is 22.6 Å². The predicted molar refractivity (Wildman–Crippen MR) is 104 cm³/mol. The van der Waals surface area contributed by atoms with Gasteiger partial charge in [-0.1, -0.05) is 12.1 Å². The van der Waals surface area contributed by atoms with Gasteiger partial charge in [-0.25, -0.2) is 9.97 Å². The van der Waals surface area contributed by atoms with E-state index in [9.17, 15) is 5.11 Å². The van der Waals surface area contributed by atoms with Gasteiger partial charge in [0.05, 0.1) is 12.9 Å². The summed E-state index contributed by atoms with van der Waals surface area (Å²) >= 11 is 0. The monoisotopic (exact) mass is 392 g/mol. The lowest BCUT2D eigenvalue weighted by molar-refractivity contribution is 0.252. The lowest BCUT2D eigenvalue weighted by atomic mass is 10.2. The third-order valence-electron chi connectivity index (χ3n) is 4.32. The number of aryl methyl sites for hydroxylation is 1. The molecular weight excluding hydrogens is 372 g/mol. The predicted octanol–water partition coefficient (Wildman–Crippen LogP) is 4.29. The van der Waals surface area contributed by atoms with Gasteiger partial charge in [0.2, 0.25) is 5.88 Å². The average Bonchev–Trinajstić information content (AvgIpc) is 3.41. The molecule has 4 rings (SSSR count). The van der Waals surface area contributed by atoms with Gasteiger partial charge < -0.3 is 23.4 Å². The van der Waals surface area contributed by atoms with Crippen molar-refractivity contribution in [3.63, 3.8) is 0 Å². The fourth-order valence-electron chi connectivity index (χ4n) is 2.73. The second-order valence-electron chi connectivity index (χ2n) is 6.35. The Morgan fingerprint density at radius 3 is 2.62 bits per heavy atom. The van der Waals surface area contributed by atoms with Crippen LogP contribution in [0, 0.1) is 6.92 Å². The van der Waals surface area contributed by atoms with Crippen LogP contribution in [-0.2, 0) is 19.8 Å². The van der Waals surface area contributed by atoms with Gasteiger partial charge in [0.15, 0.2) is 5.76 Å². The van der Waals surface area contributed by atoms with Crippen LogP contribution >= 0.6 is 0 Å². The van der Waals surface area contributed by atoms with Gasteiger partial charge >= 0.3 is 0 Å². The summed E-state index contributed by atoms with van der Waals surface area (Å²) in [6, 6.07) is 14.7. The number of aliphatic hydroxyl groups is 1. The molecular formula is C22H20N2O5. The topological polar surface area (TPSA) is 90.8 Å². The Hall–Kier alpha value is -3.58. The van der Waals surface area contributed by atoms with Crippen LogP contribution in [0.3, 0.4) is 0 Å². The summed E-state index contributed by atoms with van der Waals surface area (Å²) in [5.74, 6) is 2.86. The van der Waals surface area contributed by atoms with Crippen LogP contribution in [-0.4, -0.2) is 15.1 Å². The first-order valence-corrected chi connectivity index (χ1v) is 9.12. The lowest BCUT2D eigenvalue weighted by Crippen LogP contribution is -2.01. The summed E-state index contributed by atoms with van der Waals surface area (Å²) < 4.78 is 22.5. The number of benzene rings is 1. The van der Waals surface area contributed by atoms with Crippen LogP contribution in [0.5, 0.6) is 11.6 Å². The molecule has 0 bridgehead atoms. The molecule has 7 heteroatoms. The molecule has 0 spiro atoms. The van der Waals surface area contributed by atoms with Crippen molar-refractivity contribution in [2.45, 2.75) is 26.7 Å². The molecule has 29 heavy (non-hydrogen) atoms. The minimum Gasteiger partial charge on any atom is -0.487 e. The number of nitrogens with zero attached hydrogens (tertiary/aromatic N) is 2. The number of rotatable bonds is 8. The van der Waals surface area contributed by atoms with Crippen molar-refractivity contribution in [1.82, 2.24) is 9.97 Å². The van der Waals surface area contributed by atoms with Gasteiger partial charge in [0.1, 0.15) is 30.4 Å². The highest BCUT2D eigenvalue weighted by molar-refractivity contribution is 5.44. The maximum absolute atomic E-state index is 9.33. The standard InChI is InChI=1S/C22H20N2O5/c1-15-19(24-22(29-15)20-5-3-11-26-20)14-27-18-8-6-16(7-9-18)13-28-21-17(12-25)4-2-10-23-21/h2-11,25H,12-14H2,1H3. The Morgan fingerprint density at radius 1 is 1.00 bits per heavy atom. The number of pyridine rings is 1. The Morgan fingerprint density at radius 2 is 1.86 bits per heavy atom. The van der Waals surface area contributed by atoms with Crippen molar-refractivity contribution >= 4 is 0 Å². The lowest BCUT2D eigenvalue weighted by Gasteiger charge is -2.09. The summed E-state index contributed by atoms with van der Waals surface area (Å²) in [6.07, 6.45) is 3.21. The maximum Gasteiger partial charge on any atom is 0.263 e. The molecule has 3 heterocycles. The van der Waals surface area contributed by atoms with Gasteiger partial charge in [0.25, 0.3) is 5.89 Å². The summed E-state index contributed by atoms with van der Waals surface area (Å²) in [5.41, 5.74) is 2.34. The van der Waals surface area contributed by atoms with Gasteiger partial charge in [-0.15, -0.1) is 0 Å². The number of aliphatic hydroxyl groups excluding tert-OH is 1.